The Balaban J connectivity index is 1.43. The van der Waals surface area contributed by atoms with Gasteiger partial charge < -0.3 is 10.4 Å². The predicted molar refractivity (Wildman–Crippen MR) is 93.8 cm³/mol. The van der Waals surface area contributed by atoms with E-state index in [0.717, 1.165) is 31.4 Å². The zero-order valence-electron chi connectivity index (χ0n) is 14.1. The third kappa shape index (κ3) is 4.78. The highest BCUT2D eigenvalue weighted by molar-refractivity contribution is 5.76. The van der Waals surface area contributed by atoms with Gasteiger partial charge in [0.15, 0.2) is 0 Å². The number of aryl methyl sites for hydroxylation is 1. The summed E-state index contributed by atoms with van der Waals surface area (Å²) in [6, 6.07) is 10.3. The molecule has 2 N–H and O–H groups in total. The number of carbonyl (C=O) groups is 1. The Labute approximate surface area is 147 Å². The van der Waals surface area contributed by atoms with E-state index in [0.29, 0.717) is 24.3 Å². The average molecular weight is 342 g/mol. The molecule has 1 aliphatic rings. The van der Waals surface area contributed by atoms with Crippen molar-refractivity contribution in [1.29, 1.82) is 0 Å². The fourth-order valence-corrected chi connectivity index (χ4v) is 3.42. The molecule has 0 atom stereocenters. The second-order valence-corrected chi connectivity index (χ2v) is 6.65. The number of nitrogens with one attached hydrogen (secondary N) is 1. The van der Waals surface area contributed by atoms with Crippen molar-refractivity contribution in [3.8, 4) is 5.75 Å². The topological polar surface area (TPSA) is 62.2 Å². The molecule has 0 unspecified atom stereocenters. The van der Waals surface area contributed by atoms with Gasteiger partial charge in [0.05, 0.1) is 6.20 Å². The van der Waals surface area contributed by atoms with Crippen molar-refractivity contribution in [3.05, 3.63) is 59.7 Å². The van der Waals surface area contributed by atoms with Crippen molar-refractivity contribution < 1.29 is 14.3 Å². The Kier molecular flexibility index (Phi) is 5.64. The molecule has 0 saturated heterocycles. The molecule has 1 aromatic carbocycles. The molecule has 3 rings (SSSR count). The van der Waals surface area contributed by atoms with Crippen LogP contribution >= 0.6 is 0 Å². The van der Waals surface area contributed by atoms with Crippen LogP contribution in [0.25, 0.3) is 0 Å². The predicted octanol–water partition coefficient (Wildman–Crippen LogP) is 3.70. The lowest BCUT2D eigenvalue weighted by molar-refractivity contribution is -0.122. The van der Waals surface area contributed by atoms with Crippen LogP contribution in [0, 0.1) is 5.82 Å². The molecule has 25 heavy (non-hydrogen) atoms. The molecule has 0 radical (unpaired) electrons. The maximum Gasteiger partial charge on any atom is 0.220 e. The number of rotatable bonds is 5. The molecule has 1 aromatic heterocycles. The first-order valence-corrected chi connectivity index (χ1v) is 8.79. The summed E-state index contributed by atoms with van der Waals surface area (Å²) in [4.78, 5) is 16.4. The number of aromatic nitrogens is 1. The van der Waals surface area contributed by atoms with E-state index in [1.165, 1.54) is 12.3 Å². The Morgan fingerprint density at radius 3 is 2.60 bits per heavy atom. The number of nitrogens with zero attached hydrogens (tertiary/aromatic N) is 1. The van der Waals surface area contributed by atoms with Crippen LogP contribution in [-0.4, -0.2) is 22.0 Å². The van der Waals surface area contributed by atoms with Crippen LogP contribution in [0.3, 0.4) is 0 Å². The average Bonchev–Trinajstić information content (AvgIpc) is 2.62. The molecule has 0 spiro atoms. The summed E-state index contributed by atoms with van der Waals surface area (Å²) in [6.45, 7) is 0. The van der Waals surface area contributed by atoms with Crippen LogP contribution in [0.15, 0.2) is 42.6 Å². The number of pyridine rings is 1. The molecule has 2 aromatic rings. The van der Waals surface area contributed by atoms with E-state index in [4.69, 9.17) is 0 Å². The van der Waals surface area contributed by atoms with Crippen molar-refractivity contribution in [1.82, 2.24) is 10.3 Å². The number of halogens is 1. The van der Waals surface area contributed by atoms with Crippen molar-refractivity contribution in [2.45, 2.75) is 50.5 Å². The van der Waals surface area contributed by atoms with Gasteiger partial charge in [-0.2, -0.15) is 0 Å². The van der Waals surface area contributed by atoms with Crippen LogP contribution in [0.1, 0.15) is 49.3 Å². The van der Waals surface area contributed by atoms with E-state index in [-0.39, 0.29) is 23.5 Å². The summed E-state index contributed by atoms with van der Waals surface area (Å²) < 4.78 is 13.6. The van der Waals surface area contributed by atoms with Crippen molar-refractivity contribution in [3.63, 3.8) is 0 Å². The number of hydrogen-bond donors (Lipinski definition) is 2. The Bertz CT molecular complexity index is 710. The lowest BCUT2D eigenvalue weighted by atomic mass is 9.84. The highest BCUT2D eigenvalue weighted by atomic mass is 19.1. The van der Waals surface area contributed by atoms with Crippen LogP contribution in [0.5, 0.6) is 5.75 Å². The van der Waals surface area contributed by atoms with Crippen LogP contribution in [0.2, 0.25) is 0 Å². The van der Waals surface area contributed by atoms with Gasteiger partial charge >= 0.3 is 0 Å². The second-order valence-electron chi connectivity index (χ2n) is 6.65. The lowest BCUT2D eigenvalue weighted by Crippen LogP contribution is -2.37. The minimum absolute atomic E-state index is 0.0190. The quantitative estimate of drug-likeness (QED) is 0.871. The van der Waals surface area contributed by atoms with Crippen molar-refractivity contribution >= 4 is 5.91 Å². The molecule has 132 valence electrons. The smallest absolute Gasteiger partial charge is 0.220 e. The van der Waals surface area contributed by atoms with Gasteiger partial charge in [0.2, 0.25) is 5.91 Å². The zero-order chi connectivity index (χ0) is 17.6. The van der Waals surface area contributed by atoms with E-state index in [9.17, 15) is 14.3 Å². The molecule has 1 fully saturated rings. The van der Waals surface area contributed by atoms with Crippen LogP contribution < -0.4 is 5.32 Å². The summed E-state index contributed by atoms with van der Waals surface area (Å²) in [7, 11) is 0. The third-order valence-electron chi connectivity index (χ3n) is 4.86. The fourth-order valence-electron chi connectivity index (χ4n) is 3.42. The molecule has 0 bridgehead atoms. The molecule has 4 nitrogen and oxygen atoms in total. The van der Waals surface area contributed by atoms with Gasteiger partial charge in [0.25, 0.3) is 0 Å². The van der Waals surface area contributed by atoms with Gasteiger partial charge in [-0.1, -0.05) is 18.2 Å². The highest BCUT2D eigenvalue weighted by Crippen LogP contribution is 2.32. The number of benzene rings is 1. The molecule has 5 heteroatoms. The van der Waals surface area contributed by atoms with Gasteiger partial charge in [0.1, 0.15) is 11.6 Å². The first-order chi connectivity index (χ1) is 12.1. The van der Waals surface area contributed by atoms with E-state index < -0.39 is 0 Å². The monoisotopic (exact) mass is 342 g/mol. The maximum absolute atomic E-state index is 13.6. The SMILES string of the molecule is O=C(CCc1ccccc1F)N[C@H]1CC[C@H](c2ccc(O)cn2)CC1. The summed E-state index contributed by atoms with van der Waals surface area (Å²) in [6.07, 6.45) is 5.97. The Morgan fingerprint density at radius 1 is 1.16 bits per heavy atom. The van der Waals surface area contributed by atoms with E-state index in [1.807, 2.05) is 6.07 Å². The van der Waals surface area contributed by atoms with Crippen molar-refractivity contribution in [2.75, 3.05) is 0 Å². The summed E-state index contributed by atoms with van der Waals surface area (Å²) in [5.41, 5.74) is 1.59. The first kappa shape index (κ1) is 17.4. The fraction of sp³-hybridized carbons (Fsp3) is 0.400. The third-order valence-corrected chi connectivity index (χ3v) is 4.86. The van der Waals surface area contributed by atoms with Crippen LogP contribution in [-0.2, 0) is 11.2 Å². The molecule has 1 saturated carbocycles. The molecule has 1 aliphatic carbocycles. The molecular formula is C20H23FN2O2. The number of carbonyl (C=O) groups excluding carboxylic acids is 1. The number of aromatic hydroxyl groups is 1. The van der Waals surface area contributed by atoms with E-state index in [1.54, 1.807) is 24.3 Å². The second kappa shape index (κ2) is 8.10. The molecule has 1 amide bonds. The molecular weight excluding hydrogens is 319 g/mol. The van der Waals surface area contributed by atoms with Gasteiger partial charge in [-0.05, 0) is 55.9 Å². The number of hydrogen-bond acceptors (Lipinski definition) is 3. The Morgan fingerprint density at radius 2 is 1.92 bits per heavy atom. The number of amides is 1. The zero-order valence-corrected chi connectivity index (χ0v) is 14.1. The summed E-state index contributed by atoms with van der Waals surface area (Å²) in [5.74, 6) is 0.290. The summed E-state index contributed by atoms with van der Waals surface area (Å²) >= 11 is 0. The summed E-state index contributed by atoms with van der Waals surface area (Å²) in [5, 5.41) is 12.4. The highest BCUT2D eigenvalue weighted by Gasteiger charge is 2.24. The normalized spacial score (nSPS) is 20.2. The lowest BCUT2D eigenvalue weighted by Gasteiger charge is -2.28. The molecule has 1 heterocycles. The van der Waals surface area contributed by atoms with E-state index >= 15 is 0 Å². The van der Waals surface area contributed by atoms with Gasteiger partial charge in [-0.15, -0.1) is 0 Å². The van der Waals surface area contributed by atoms with Crippen molar-refractivity contribution in [2.24, 2.45) is 0 Å². The Hall–Kier alpha value is -2.43. The van der Waals surface area contributed by atoms with Crippen LogP contribution in [0.4, 0.5) is 4.39 Å². The van der Waals surface area contributed by atoms with E-state index in [2.05, 4.69) is 10.3 Å². The molecule has 0 aliphatic heterocycles. The first-order valence-electron chi connectivity index (χ1n) is 8.79. The van der Waals surface area contributed by atoms with Gasteiger partial charge in [0, 0.05) is 24.1 Å². The maximum atomic E-state index is 13.6. The standard InChI is InChI=1S/C20H23FN2O2/c21-18-4-2-1-3-14(18)7-12-20(25)23-16-8-5-15(6-9-16)19-11-10-17(24)13-22-19/h1-4,10-11,13,15-16,24H,5-9,12H2,(H,23,25)/t15-,16-. The van der Waals surface area contributed by atoms with Gasteiger partial charge in [-0.25, -0.2) is 4.39 Å². The van der Waals surface area contributed by atoms with Gasteiger partial charge in [-0.3, -0.25) is 9.78 Å². The minimum Gasteiger partial charge on any atom is -0.506 e. The largest absolute Gasteiger partial charge is 0.506 e. The minimum atomic E-state index is -0.253.